The van der Waals surface area contributed by atoms with Crippen molar-refractivity contribution in [2.24, 2.45) is 0 Å². The first-order chi connectivity index (χ1) is 3.46. The summed E-state index contributed by atoms with van der Waals surface area (Å²) >= 11 is 0. The van der Waals surface area contributed by atoms with Crippen molar-refractivity contribution in [2.45, 2.75) is 6.92 Å². The molecule has 0 saturated carbocycles. The minimum Gasteiger partial charge on any atom is -0.481 e. The zero-order chi connectivity index (χ0) is 7.15. The second-order valence-electron chi connectivity index (χ2n) is 0.736. The maximum Gasteiger partial charge on any atom is 1.00 e. The molecule has 0 aromatic rings. The van der Waals surface area contributed by atoms with Crippen molar-refractivity contribution in [2.75, 3.05) is 0 Å². The van der Waals surface area contributed by atoms with Gasteiger partial charge in [0.05, 0.1) is 0 Å². The molecule has 0 unspecified atom stereocenters. The van der Waals surface area contributed by atoms with E-state index < -0.39 is 17.0 Å². The van der Waals surface area contributed by atoms with Crippen LogP contribution in [0.15, 0.2) is 0 Å². The Kier molecular flexibility index (Phi) is 21.6. The first kappa shape index (κ1) is 16.5. The molecule has 0 spiro atoms. The molecular weight excluding hydrogens is 175 g/mol. The Morgan fingerprint density at radius 2 is 1.44 bits per heavy atom. The predicted octanol–water partition coefficient (Wildman–Crippen LogP) is -3.14. The van der Waals surface area contributed by atoms with Gasteiger partial charge in [0.15, 0.2) is 0 Å². The summed E-state index contributed by atoms with van der Waals surface area (Å²) in [4.78, 5) is 9.00. The van der Waals surface area contributed by atoms with Gasteiger partial charge in [-0.25, -0.2) is 0 Å². The largest absolute Gasteiger partial charge is 1.00 e. The van der Waals surface area contributed by atoms with Crippen LogP contribution in [-0.2, 0) is 24.2 Å². The molecule has 0 aliphatic heterocycles. The monoisotopic (exact) mass is 180 g/mol. The quantitative estimate of drug-likeness (QED) is 0.178. The van der Waals surface area contributed by atoms with Crippen LogP contribution in [0.1, 0.15) is 6.92 Å². The fourth-order valence-electron chi connectivity index (χ4n) is 0. The van der Waals surface area contributed by atoms with Crippen LogP contribution in [0, 0.1) is 0 Å². The molecule has 9 heavy (non-hydrogen) atoms. The first-order valence-electron chi connectivity index (χ1n) is 1.44. The Morgan fingerprint density at radius 1 is 1.44 bits per heavy atom. The molecule has 0 aromatic heterocycles. The van der Waals surface area contributed by atoms with Crippen LogP contribution in [0.5, 0.6) is 0 Å². The fourth-order valence-corrected chi connectivity index (χ4v) is 0. The maximum atomic E-state index is 9.00. The number of aliphatic carboxylic acids is 1. The molecule has 0 amide bonds. The van der Waals surface area contributed by atoms with Crippen molar-refractivity contribution >= 4 is 17.0 Å². The summed E-state index contributed by atoms with van der Waals surface area (Å²) in [6.45, 7) is 1.08. The predicted molar refractivity (Wildman–Crippen MR) is 24.7 cm³/mol. The average molecular weight is 180 g/mol. The molecule has 0 rings (SSSR count). The summed E-state index contributed by atoms with van der Waals surface area (Å²) in [7, 11) is -2.86. The van der Waals surface area contributed by atoms with Crippen molar-refractivity contribution in [1.29, 1.82) is 0 Å². The summed E-state index contributed by atoms with van der Waals surface area (Å²) in [6, 6.07) is 0. The molecule has 0 aliphatic carbocycles. The Hall–Kier alpha value is 1.02. The molecule has 0 aromatic carbocycles. The van der Waals surface area contributed by atoms with Gasteiger partial charge >= 0.3 is 51.4 Å². The third kappa shape index (κ3) is 430. The van der Waals surface area contributed by atoms with Gasteiger partial charge in [0.1, 0.15) is 0 Å². The third-order valence-corrected chi connectivity index (χ3v) is 0. The Morgan fingerprint density at radius 3 is 1.44 bits per heavy atom. The molecule has 7 heteroatoms. The van der Waals surface area contributed by atoms with Crippen molar-refractivity contribution < 1.29 is 74.3 Å². The van der Waals surface area contributed by atoms with Crippen molar-refractivity contribution in [3.05, 3.63) is 0 Å². The van der Waals surface area contributed by atoms with E-state index in [1.165, 1.54) is 0 Å². The molecule has 0 heterocycles. The molecule has 0 bridgehead atoms. The van der Waals surface area contributed by atoms with E-state index >= 15 is 0 Å². The van der Waals surface area contributed by atoms with Crippen molar-refractivity contribution in [3.8, 4) is 0 Å². The molecule has 50 valence electrons. The number of carboxylic acids is 1. The second-order valence-corrected chi connectivity index (χ2v) is 1.17. The van der Waals surface area contributed by atoms with Gasteiger partial charge in [-0.1, -0.05) is 0 Å². The van der Waals surface area contributed by atoms with Gasteiger partial charge in [-0.3, -0.25) is 4.79 Å². The van der Waals surface area contributed by atoms with Crippen LogP contribution >= 0.6 is 0 Å². The van der Waals surface area contributed by atoms with E-state index in [1.54, 1.807) is 0 Å². The summed E-state index contributed by atoms with van der Waals surface area (Å²) in [5, 5.41) is 7.42. The van der Waals surface area contributed by atoms with Crippen LogP contribution in [0.3, 0.4) is 0 Å². The topological polar surface area (TPSA) is 91.7 Å². The van der Waals surface area contributed by atoms with E-state index in [-0.39, 0.29) is 51.4 Å². The third-order valence-electron chi connectivity index (χ3n) is 0. The van der Waals surface area contributed by atoms with Crippen molar-refractivity contribution in [3.63, 3.8) is 0 Å². The van der Waals surface area contributed by atoms with Crippen LogP contribution in [-0.4, -0.2) is 15.6 Å². The summed E-state index contributed by atoms with van der Waals surface area (Å²) < 4.78 is 24.1. The van der Waals surface area contributed by atoms with E-state index in [4.69, 9.17) is 22.9 Å². The number of carboxylic acid groups (broad SMARTS) is 1. The summed E-state index contributed by atoms with van der Waals surface area (Å²) in [5.41, 5.74) is 0. The number of hydrogen-bond donors (Lipinski definition) is 2. The van der Waals surface area contributed by atoms with E-state index in [2.05, 4.69) is 0 Å². The Balaban J connectivity index is -0.0000000720. The molecule has 0 radical (unpaired) electrons. The zero-order valence-corrected chi connectivity index (χ0v) is 8.97. The molecule has 0 fully saturated rings. The molecule has 0 aliphatic rings. The standard InChI is InChI=1S/C2H4O2.K.HO3S/c1-2(3)4;;1-4(2)3/h1H3,(H,3,4);;(H,1,2,3)/q;+1;-1. The molecule has 0 saturated heterocycles. The molecule has 0 atom stereocenters. The Labute approximate surface area is 96.6 Å². The molecule has 2 N–H and O–H groups in total. The van der Waals surface area contributed by atoms with Gasteiger partial charge in [0.25, 0.3) is 5.97 Å². The van der Waals surface area contributed by atoms with Crippen LogP contribution < -0.4 is 51.4 Å². The second kappa shape index (κ2) is 11.8. The normalized spacial score (nSPS) is 6.56. The van der Waals surface area contributed by atoms with Crippen LogP contribution in [0.2, 0.25) is 0 Å². The zero-order valence-electron chi connectivity index (χ0n) is 5.03. The SMILES string of the molecule is CC(=O)O.O=[S-](=O)O.[K+]. The minimum absolute atomic E-state index is 0. The van der Waals surface area contributed by atoms with Gasteiger partial charge in [0.2, 0.25) is 0 Å². The van der Waals surface area contributed by atoms with E-state index in [1.807, 2.05) is 0 Å². The fraction of sp³-hybridized carbons (Fsp3) is 0.500. The summed E-state index contributed by atoms with van der Waals surface area (Å²) in [5.74, 6) is -0.833. The summed E-state index contributed by atoms with van der Waals surface area (Å²) in [6.07, 6.45) is 0. The Bertz CT molecular complexity index is 117. The number of hydrogen-bond acceptors (Lipinski definition) is 4. The van der Waals surface area contributed by atoms with E-state index in [0.717, 1.165) is 6.92 Å². The first-order valence-corrected chi connectivity index (χ1v) is 2.48. The van der Waals surface area contributed by atoms with Crippen LogP contribution in [0.4, 0.5) is 0 Å². The van der Waals surface area contributed by atoms with E-state index in [9.17, 15) is 0 Å². The smallest absolute Gasteiger partial charge is 0.481 e. The van der Waals surface area contributed by atoms with Gasteiger partial charge < -0.3 is 18.1 Å². The van der Waals surface area contributed by atoms with Gasteiger partial charge in [0, 0.05) is 17.9 Å². The van der Waals surface area contributed by atoms with E-state index in [0.29, 0.717) is 0 Å². The average Bonchev–Trinajstić information content (AvgIpc) is 1.25. The number of carbonyl (C=O) groups is 1. The van der Waals surface area contributed by atoms with Crippen LogP contribution in [0.25, 0.3) is 0 Å². The maximum absolute atomic E-state index is 9.00. The minimum atomic E-state index is -2.86. The molecule has 5 nitrogen and oxygen atoms in total. The molecular formula is C2H5KO5S. The van der Waals surface area contributed by atoms with Gasteiger partial charge in [-0.05, 0) is 0 Å². The van der Waals surface area contributed by atoms with Gasteiger partial charge in [-0.2, -0.15) is 0 Å². The van der Waals surface area contributed by atoms with Gasteiger partial charge in [-0.15, -0.1) is 0 Å². The number of rotatable bonds is 0. The van der Waals surface area contributed by atoms with Crippen molar-refractivity contribution in [1.82, 2.24) is 0 Å².